The molecule has 4 heteroatoms. The van der Waals surface area contributed by atoms with E-state index in [2.05, 4.69) is 41.4 Å². The van der Waals surface area contributed by atoms with Crippen LogP contribution in [0.15, 0.2) is 6.07 Å². The van der Waals surface area contributed by atoms with E-state index in [1.54, 1.807) is 0 Å². The number of nitrogens with zero attached hydrogens (tertiary/aromatic N) is 2. The average molecular weight is 236 g/mol. The molecule has 1 aromatic rings. The number of aromatic nitrogens is 2. The SMILES string of the molecule is CCNc1nc(C)cc(NC(C)(CC)CC)n1. The molecular weight excluding hydrogens is 212 g/mol. The summed E-state index contributed by atoms with van der Waals surface area (Å²) in [7, 11) is 0. The van der Waals surface area contributed by atoms with Gasteiger partial charge in [0.2, 0.25) is 5.95 Å². The number of anilines is 2. The fourth-order valence-electron chi connectivity index (χ4n) is 1.61. The largest absolute Gasteiger partial charge is 0.365 e. The van der Waals surface area contributed by atoms with Gasteiger partial charge in [0.15, 0.2) is 0 Å². The molecule has 1 rings (SSSR count). The second-order valence-electron chi connectivity index (χ2n) is 4.64. The summed E-state index contributed by atoms with van der Waals surface area (Å²) in [5.41, 5.74) is 1.08. The van der Waals surface area contributed by atoms with Gasteiger partial charge in [0.25, 0.3) is 0 Å². The molecule has 2 N–H and O–H groups in total. The van der Waals surface area contributed by atoms with Crippen LogP contribution in [0.3, 0.4) is 0 Å². The number of rotatable bonds is 6. The molecule has 0 atom stereocenters. The van der Waals surface area contributed by atoms with Gasteiger partial charge in [-0.25, -0.2) is 4.98 Å². The van der Waals surface area contributed by atoms with E-state index in [1.807, 2.05) is 19.9 Å². The molecular formula is C13H24N4. The van der Waals surface area contributed by atoms with Crippen molar-refractivity contribution < 1.29 is 0 Å². The molecule has 0 aliphatic heterocycles. The van der Waals surface area contributed by atoms with Crippen LogP contribution < -0.4 is 10.6 Å². The standard InChI is InChI=1S/C13H24N4/c1-6-13(5,7-2)17-11-9-10(4)15-12(16-11)14-8-3/h9H,6-8H2,1-5H3,(H2,14,15,16,17). The van der Waals surface area contributed by atoms with Gasteiger partial charge >= 0.3 is 0 Å². The molecule has 1 aromatic heterocycles. The van der Waals surface area contributed by atoms with Crippen LogP contribution in [0.5, 0.6) is 0 Å². The fourth-order valence-corrected chi connectivity index (χ4v) is 1.61. The summed E-state index contributed by atoms with van der Waals surface area (Å²) in [4.78, 5) is 8.81. The van der Waals surface area contributed by atoms with Crippen molar-refractivity contribution in [2.75, 3.05) is 17.2 Å². The average Bonchev–Trinajstić information content (AvgIpc) is 2.28. The molecule has 1 heterocycles. The number of aryl methyl sites for hydroxylation is 1. The molecule has 0 bridgehead atoms. The van der Waals surface area contributed by atoms with Crippen molar-refractivity contribution >= 4 is 11.8 Å². The first-order valence-corrected chi connectivity index (χ1v) is 6.40. The monoisotopic (exact) mass is 236 g/mol. The third kappa shape index (κ3) is 3.88. The van der Waals surface area contributed by atoms with E-state index in [-0.39, 0.29) is 5.54 Å². The van der Waals surface area contributed by atoms with E-state index in [4.69, 9.17) is 0 Å². The maximum Gasteiger partial charge on any atom is 0.224 e. The Balaban J connectivity index is 2.90. The minimum Gasteiger partial charge on any atom is -0.365 e. The second-order valence-corrected chi connectivity index (χ2v) is 4.64. The lowest BCUT2D eigenvalue weighted by molar-refractivity contribution is 0.476. The van der Waals surface area contributed by atoms with Crippen molar-refractivity contribution in [1.29, 1.82) is 0 Å². The van der Waals surface area contributed by atoms with E-state index in [9.17, 15) is 0 Å². The summed E-state index contributed by atoms with van der Waals surface area (Å²) in [6.45, 7) is 11.5. The van der Waals surface area contributed by atoms with Gasteiger partial charge in [-0.3, -0.25) is 0 Å². The second kappa shape index (κ2) is 5.84. The lowest BCUT2D eigenvalue weighted by Gasteiger charge is -2.29. The minimum atomic E-state index is 0.101. The molecule has 96 valence electrons. The van der Waals surface area contributed by atoms with Crippen LogP contribution >= 0.6 is 0 Å². The summed E-state index contributed by atoms with van der Waals surface area (Å²) in [5, 5.41) is 6.65. The van der Waals surface area contributed by atoms with E-state index < -0.39 is 0 Å². The van der Waals surface area contributed by atoms with E-state index in [1.165, 1.54) is 0 Å². The Morgan fingerprint density at radius 1 is 1.18 bits per heavy atom. The van der Waals surface area contributed by atoms with Gasteiger partial charge in [-0.05, 0) is 33.6 Å². The Morgan fingerprint density at radius 2 is 1.82 bits per heavy atom. The Hall–Kier alpha value is -1.32. The van der Waals surface area contributed by atoms with Crippen LogP contribution in [0, 0.1) is 6.92 Å². The van der Waals surface area contributed by atoms with Crippen molar-refractivity contribution in [2.24, 2.45) is 0 Å². The van der Waals surface area contributed by atoms with Crippen molar-refractivity contribution in [3.8, 4) is 0 Å². The zero-order valence-electron chi connectivity index (χ0n) is 11.6. The smallest absolute Gasteiger partial charge is 0.224 e. The van der Waals surface area contributed by atoms with Crippen LogP contribution in [-0.4, -0.2) is 22.1 Å². The lowest BCUT2D eigenvalue weighted by atomic mass is 9.96. The highest BCUT2D eigenvalue weighted by molar-refractivity contribution is 5.44. The number of hydrogen-bond acceptors (Lipinski definition) is 4. The van der Waals surface area contributed by atoms with Gasteiger partial charge in [-0.15, -0.1) is 0 Å². The third-order valence-corrected chi connectivity index (χ3v) is 3.18. The summed E-state index contributed by atoms with van der Waals surface area (Å²) < 4.78 is 0. The first-order valence-electron chi connectivity index (χ1n) is 6.40. The van der Waals surface area contributed by atoms with Crippen LogP contribution in [0.1, 0.15) is 46.2 Å². The molecule has 0 aliphatic rings. The zero-order chi connectivity index (χ0) is 12.9. The fraction of sp³-hybridized carbons (Fsp3) is 0.692. The molecule has 17 heavy (non-hydrogen) atoms. The lowest BCUT2D eigenvalue weighted by Crippen LogP contribution is -2.33. The quantitative estimate of drug-likeness (QED) is 0.796. The normalized spacial score (nSPS) is 11.4. The highest BCUT2D eigenvalue weighted by Crippen LogP contribution is 2.21. The summed E-state index contributed by atoms with van der Waals surface area (Å²) in [6.07, 6.45) is 2.15. The highest BCUT2D eigenvalue weighted by Gasteiger charge is 2.19. The Morgan fingerprint density at radius 3 is 2.35 bits per heavy atom. The molecule has 0 radical (unpaired) electrons. The predicted octanol–water partition coefficient (Wildman–Crippen LogP) is 3.21. The molecule has 0 fully saturated rings. The molecule has 0 unspecified atom stereocenters. The molecule has 4 nitrogen and oxygen atoms in total. The molecule has 0 spiro atoms. The Kier molecular flexibility index (Phi) is 4.73. The summed E-state index contributed by atoms with van der Waals surface area (Å²) >= 11 is 0. The van der Waals surface area contributed by atoms with E-state index >= 15 is 0 Å². The van der Waals surface area contributed by atoms with Crippen LogP contribution in [-0.2, 0) is 0 Å². The Bertz CT molecular complexity index is 358. The van der Waals surface area contributed by atoms with Gasteiger partial charge in [-0.1, -0.05) is 13.8 Å². The van der Waals surface area contributed by atoms with Crippen LogP contribution in [0.4, 0.5) is 11.8 Å². The molecule has 0 aliphatic carbocycles. The molecule has 0 amide bonds. The predicted molar refractivity (Wildman–Crippen MR) is 73.5 cm³/mol. The summed E-state index contributed by atoms with van der Waals surface area (Å²) in [6, 6.07) is 1.99. The van der Waals surface area contributed by atoms with Crippen molar-refractivity contribution in [3.05, 3.63) is 11.8 Å². The van der Waals surface area contributed by atoms with Gasteiger partial charge in [0.05, 0.1) is 0 Å². The van der Waals surface area contributed by atoms with Gasteiger partial charge in [0, 0.05) is 23.8 Å². The minimum absolute atomic E-state index is 0.101. The summed E-state index contributed by atoms with van der Waals surface area (Å²) in [5.74, 6) is 1.60. The van der Waals surface area contributed by atoms with Crippen LogP contribution in [0.25, 0.3) is 0 Å². The van der Waals surface area contributed by atoms with Crippen molar-refractivity contribution in [3.63, 3.8) is 0 Å². The Labute approximate surface area is 104 Å². The van der Waals surface area contributed by atoms with E-state index in [0.29, 0.717) is 5.95 Å². The molecule has 0 saturated heterocycles. The third-order valence-electron chi connectivity index (χ3n) is 3.18. The van der Waals surface area contributed by atoms with Gasteiger partial charge in [-0.2, -0.15) is 4.98 Å². The maximum atomic E-state index is 4.47. The number of nitrogens with one attached hydrogen (secondary N) is 2. The van der Waals surface area contributed by atoms with Gasteiger partial charge in [0.1, 0.15) is 5.82 Å². The molecule has 0 saturated carbocycles. The zero-order valence-corrected chi connectivity index (χ0v) is 11.6. The van der Waals surface area contributed by atoms with Gasteiger partial charge < -0.3 is 10.6 Å². The molecule has 0 aromatic carbocycles. The first-order chi connectivity index (χ1) is 8.03. The van der Waals surface area contributed by atoms with E-state index in [0.717, 1.165) is 30.9 Å². The van der Waals surface area contributed by atoms with Crippen molar-refractivity contribution in [2.45, 2.75) is 53.0 Å². The maximum absolute atomic E-state index is 4.47. The highest BCUT2D eigenvalue weighted by atomic mass is 15.2. The topological polar surface area (TPSA) is 49.8 Å². The van der Waals surface area contributed by atoms with Crippen molar-refractivity contribution in [1.82, 2.24) is 9.97 Å². The number of hydrogen-bond donors (Lipinski definition) is 2. The van der Waals surface area contributed by atoms with Crippen LogP contribution in [0.2, 0.25) is 0 Å². The first kappa shape index (κ1) is 13.7.